The molecule has 0 aliphatic carbocycles. The zero-order chi connectivity index (χ0) is 9.68. The summed E-state index contributed by atoms with van der Waals surface area (Å²) in [6, 6.07) is 6.47. The quantitative estimate of drug-likeness (QED) is 0.718. The van der Waals surface area contributed by atoms with Crippen LogP contribution in [0.15, 0.2) is 24.3 Å². The third-order valence-electron chi connectivity index (χ3n) is 1.32. The van der Waals surface area contributed by atoms with Crippen LogP contribution in [-0.2, 0) is 4.84 Å². The zero-order valence-electron chi connectivity index (χ0n) is 7.00. The van der Waals surface area contributed by atoms with Crippen molar-refractivity contribution < 1.29 is 9.63 Å². The van der Waals surface area contributed by atoms with Crippen LogP contribution in [0.25, 0.3) is 0 Å². The number of hydroxylamine groups is 1. The Balaban J connectivity index is 2.63. The van der Waals surface area contributed by atoms with Gasteiger partial charge in [-0.05, 0) is 12.1 Å². The second-order valence-electron chi connectivity index (χ2n) is 2.24. The van der Waals surface area contributed by atoms with E-state index in [1.807, 2.05) is 0 Å². The Morgan fingerprint density at radius 3 is 2.77 bits per heavy atom. The number of benzene rings is 1. The Morgan fingerprint density at radius 1 is 1.46 bits per heavy atom. The molecular weight excluding hydrogens is 192 g/mol. The van der Waals surface area contributed by atoms with Crippen LogP contribution in [0.5, 0.6) is 0 Å². The monoisotopic (exact) mass is 200 g/mol. The first-order valence-electron chi connectivity index (χ1n) is 3.58. The van der Waals surface area contributed by atoms with Crippen LogP contribution in [0.3, 0.4) is 0 Å². The molecule has 0 saturated heterocycles. The predicted molar refractivity (Wildman–Crippen MR) is 50.6 cm³/mol. The Labute approximate surface area is 80.8 Å². The Morgan fingerprint density at radius 2 is 2.15 bits per heavy atom. The van der Waals surface area contributed by atoms with Crippen LogP contribution < -0.4 is 10.8 Å². The minimum Gasteiger partial charge on any atom is -0.305 e. The van der Waals surface area contributed by atoms with Crippen molar-refractivity contribution in [3.63, 3.8) is 0 Å². The van der Waals surface area contributed by atoms with Gasteiger partial charge >= 0.3 is 6.03 Å². The molecule has 70 valence electrons. The van der Waals surface area contributed by atoms with Crippen molar-refractivity contribution in [2.75, 3.05) is 12.4 Å². The van der Waals surface area contributed by atoms with E-state index >= 15 is 0 Å². The zero-order valence-corrected chi connectivity index (χ0v) is 7.76. The third kappa shape index (κ3) is 2.93. The van der Waals surface area contributed by atoms with E-state index in [1.165, 1.54) is 7.11 Å². The molecule has 0 aliphatic rings. The number of urea groups is 1. The highest BCUT2D eigenvalue weighted by Gasteiger charge is 2.02. The molecule has 5 heteroatoms. The number of carbonyl (C=O) groups excluding carboxylic acids is 1. The summed E-state index contributed by atoms with van der Waals surface area (Å²) >= 11 is 5.79. The van der Waals surface area contributed by atoms with Gasteiger partial charge in [0.1, 0.15) is 0 Å². The number of hydrogen-bond donors (Lipinski definition) is 2. The first-order valence-corrected chi connectivity index (χ1v) is 3.96. The van der Waals surface area contributed by atoms with Gasteiger partial charge in [-0.3, -0.25) is 4.84 Å². The number of halogens is 1. The lowest BCUT2D eigenvalue weighted by Crippen LogP contribution is -2.27. The van der Waals surface area contributed by atoms with Crippen molar-refractivity contribution in [2.24, 2.45) is 0 Å². The summed E-state index contributed by atoms with van der Waals surface area (Å²) in [6.45, 7) is 0. The largest absolute Gasteiger partial charge is 0.343 e. The summed E-state index contributed by atoms with van der Waals surface area (Å²) in [7, 11) is 1.35. The molecular formula is C8H9ClN2O2. The molecule has 2 amide bonds. The summed E-state index contributed by atoms with van der Waals surface area (Å²) in [5.41, 5.74) is 2.65. The van der Waals surface area contributed by atoms with E-state index in [0.717, 1.165) is 0 Å². The highest BCUT2D eigenvalue weighted by atomic mass is 35.5. The normalized spacial score (nSPS) is 9.38. The lowest BCUT2D eigenvalue weighted by atomic mass is 10.3. The highest BCUT2D eigenvalue weighted by Crippen LogP contribution is 2.19. The van der Waals surface area contributed by atoms with Crippen molar-refractivity contribution in [1.29, 1.82) is 0 Å². The van der Waals surface area contributed by atoms with Gasteiger partial charge in [0, 0.05) is 0 Å². The van der Waals surface area contributed by atoms with Gasteiger partial charge in [0.2, 0.25) is 0 Å². The summed E-state index contributed by atoms with van der Waals surface area (Å²) in [5, 5.41) is 2.98. The Kier molecular flexibility index (Phi) is 3.54. The van der Waals surface area contributed by atoms with E-state index in [1.54, 1.807) is 24.3 Å². The predicted octanol–water partition coefficient (Wildman–Crippen LogP) is 2.02. The standard InChI is InChI=1S/C8H9ClN2O2/c1-13-11-8(12)10-7-5-3-2-4-6(7)9/h2-5H,1H3,(H2,10,11,12). The number of para-hydroxylation sites is 1. The molecule has 0 radical (unpaired) electrons. The van der Waals surface area contributed by atoms with Crippen molar-refractivity contribution in [3.05, 3.63) is 29.3 Å². The van der Waals surface area contributed by atoms with Crippen molar-refractivity contribution >= 4 is 23.3 Å². The molecule has 2 N–H and O–H groups in total. The second-order valence-corrected chi connectivity index (χ2v) is 2.65. The van der Waals surface area contributed by atoms with Gasteiger partial charge in [-0.25, -0.2) is 10.3 Å². The van der Waals surface area contributed by atoms with Crippen molar-refractivity contribution in [3.8, 4) is 0 Å². The Bertz CT molecular complexity index is 304. The average Bonchev–Trinajstić information content (AvgIpc) is 2.09. The number of amides is 2. The van der Waals surface area contributed by atoms with Crippen LogP contribution in [0.4, 0.5) is 10.5 Å². The van der Waals surface area contributed by atoms with E-state index in [2.05, 4.69) is 15.6 Å². The molecule has 0 fully saturated rings. The molecule has 1 rings (SSSR count). The molecule has 0 spiro atoms. The van der Waals surface area contributed by atoms with Crippen molar-refractivity contribution in [1.82, 2.24) is 5.48 Å². The molecule has 0 aliphatic heterocycles. The first kappa shape index (κ1) is 9.83. The van der Waals surface area contributed by atoms with Gasteiger partial charge in [0.15, 0.2) is 0 Å². The number of anilines is 1. The fourth-order valence-corrected chi connectivity index (χ4v) is 0.986. The van der Waals surface area contributed by atoms with Crippen LogP contribution in [0.1, 0.15) is 0 Å². The summed E-state index contributed by atoms with van der Waals surface area (Å²) < 4.78 is 0. The maximum Gasteiger partial charge on any atom is 0.343 e. The average molecular weight is 201 g/mol. The van der Waals surface area contributed by atoms with Gasteiger partial charge in [0.25, 0.3) is 0 Å². The maximum absolute atomic E-state index is 11.0. The molecule has 13 heavy (non-hydrogen) atoms. The number of nitrogens with one attached hydrogen (secondary N) is 2. The van der Waals surface area contributed by atoms with Gasteiger partial charge < -0.3 is 5.32 Å². The number of rotatable bonds is 2. The third-order valence-corrected chi connectivity index (χ3v) is 1.65. The number of hydrogen-bond acceptors (Lipinski definition) is 2. The van der Waals surface area contributed by atoms with E-state index in [-0.39, 0.29) is 0 Å². The molecule has 0 bridgehead atoms. The van der Waals surface area contributed by atoms with Gasteiger partial charge in [-0.15, -0.1) is 0 Å². The number of carbonyl (C=O) groups is 1. The Hall–Kier alpha value is -1.26. The lowest BCUT2D eigenvalue weighted by molar-refractivity contribution is 0.114. The molecule has 1 aromatic carbocycles. The molecule has 0 aromatic heterocycles. The smallest absolute Gasteiger partial charge is 0.305 e. The van der Waals surface area contributed by atoms with Crippen LogP contribution >= 0.6 is 11.6 Å². The van der Waals surface area contributed by atoms with E-state index in [0.29, 0.717) is 10.7 Å². The molecule has 1 aromatic rings. The fourth-order valence-electron chi connectivity index (χ4n) is 0.803. The summed E-state index contributed by atoms with van der Waals surface area (Å²) in [4.78, 5) is 15.4. The fraction of sp³-hybridized carbons (Fsp3) is 0.125. The highest BCUT2D eigenvalue weighted by molar-refractivity contribution is 6.33. The first-order chi connectivity index (χ1) is 6.24. The minimum atomic E-state index is -0.462. The topological polar surface area (TPSA) is 50.4 Å². The maximum atomic E-state index is 11.0. The second kappa shape index (κ2) is 4.69. The summed E-state index contributed by atoms with van der Waals surface area (Å²) in [5.74, 6) is 0. The molecule has 0 atom stereocenters. The van der Waals surface area contributed by atoms with Gasteiger partial charge in [0.05, 0.1) is 17.8 Å². The van der Waals surface area contributed by atoms with Crippen LogP contribution in [0, 0.1) is 0 Å². The van der Waals surface area contributed by atoms with Gasteiger partial charge in [-0.1, -0.05) is 23.7 Å². The molecule has 0 saturated carbocycles. The SMILES string of the molecule is CONC(=O)Nc1ccccc1Cl. The van der Waals surface area contributed by atoms with E-state index < -0.39 is 6.03 Å². The lowest BCUT2D eigenvalue weighted by Gasteiger charge is -2.06. The molecule has 0 heterocycles. The molecule has 4 nitrogen and oxygen atoms in total. The van der Waals surface area contributed by atoms with Gasteiger partial charge in [-0.2, -0.15) is 0 Å². The van der Waals surface area contributed by atoms with E-state index in [4.69, 9.17) is 11.6 Å². The van der Waals surface area contributed by atoms with E-state index in [9.17, 15) is 4.79 Å². The van der Waals surface area contributed by atoms with Crippen LogP contribution in [-0.4, -0.2) is 13.1 Å². The van der Waals surface area contributed by atoms with Crippen LogP contribution in [0.2, 0.25) is 5.02 Å². The minimum absolute atomic E-state index is 0.462. The molecule has 0 unspecified atom stereocenters. The van der Waals surface area contributed by atoms with Crippen molar-refractivity contribution in [2.45, 2.75) is 0 Å². The summed E-state index contributed by atoms with van der Waals surface area (Å²) in [6.07, 6.45) is 0.